The predicted molar refractivity (Wildman–Crippen MR) is 84.8 cm³/mol. The lowest BCUT2D eigenvalue weighted by Gasteiger charge is -2.11. The Balaban J connectivity index is 2.24. The van der Waals surface area contributed by atoms with E-state index >= 15 is 0 Å². The lowest BCUT2D eigenvalue weighted by Crippen LogP contribution is -2.08. The fourth-order valence-corrected chi connectivity index (χ4v) is 2.12. The van der Waals surface area contributed by atoms with Crippen molar-refractivity contribution >= 4 is 17.3 Å². The fourth-order valence-electron chi connectivity index (χ4n) is 2.12. The molecule has 2 rings (SSSR count). The standard InChI is InChI=1S/C16H16N2O5/c1-22-15-6-4-3-5-11(15)10-17-12-7-8-14(18(20)21)13(9-12)16(19)23-2/h3-9,17H,10H2,1-2H3. The molecule has 0 aliphatic carbocycles. The summed E-state index contributed by atoms with van der Waals surface area (Å²) < 4.78 is 9.85. The third kappa shape index (κ3) is 3.76. The number of carbonyl (C=O) groups is 1. The highest BCUT2D eigenvalue weighted by molar-refractivity contribution is 5.95. The van der Waals surface area contributed by atoms with Gasteiger partial charge >= 0.3 is 5.97 Å². The molecule has 0 unspecified atom stereocenters. The molecule has 7 heteroatoms. The molecule has 0 atom stereocenters. The summed E-state index contributed by atoms with van der Waals surface area (Å²) in [6.45, 7) is 0.447. The Morgan fingerprint density at radius 3 is 2.61 bits per heavy atom. The minimum absolute atomic E-state index is 0.0949. The lowest BCUT2D eigenvalue weighted by atomic mass is 10.1. The Morgan fingerprint density at radius 2 is 1.96 bits per heavy atom. The summed E-state index contributed by atoms with van der Waals surface area (Å²) >= 11 is 0. The zero-order chi connectivity index (χ0) is 16.8. The quantitative estimate of drug-likeness (QED) is 0.500. The van der Waals surface area contributed by atoms with Crippen molar-refractivity contribution in [2.45, 2.75) is 6.54 Å². The number of anilines is 1. The van der Waals surface area contributed by atoms with E-state index in [-0.39, 0.29) is 11.3 Å². The van der Waals surface area contributed by atoms with Crippen LogP contribution in [0.25, 0.3) is 0 Å². The minimum Gasteiger partial charge on any atom is -0.496 e. The summed E-state index contributed by atoms with van der Waals surface area (Å²) in [6.07, 6.45) is 0. The van der Waals surface area contributed by atoms with E-state index in [4.69, 9.17) is 4.74 Å². The van der Waals surface area contributed by atoms with Gasteiger partial charge in [0, 0.05) is 23.9 Å². The normalized spacial score (nSPS) is 10.0. The first-order chi connectivity index (χ1) is 11.1. The van der Waals surface area contributed by atoms with Gasteiger partial charge in [0.2, 0.25) is 0 Å². The highest BCUT2D eigenvalue weighted by Crippen LogP contribution is 2.25. The third-order valence-electron chi connectivity index (χ3n) is 3.27. The van der Waals surface area contributed by atoms with E-state index in [2.05, 4.69) is 10.1 Å². The van der Waals surface area contributed by atoms with Crippen LogP contribution >= 0.6 is 0 Å². The van der Waals surface area contributed by atoms with E-state index in [1.807, 2.05) is 24.3 Å². The smallest absolute Gasteiger partial charge is 0.344 e. The molecule has 120 valence electrons. The molecule has 0 spiro atoms. The molecular weight excluding hydrogens is 300 g/mol. The lowest BCUT2D eigenvalue weighted by molar-refractivity contribution is -0.385. The van der Waals surface area contributed by atoms with Crippen molar-refractivity contribution in [2.75, 3.05) is 19.5 Å². The van der Waals surface area contributed by atoms with Gasteiger partial charge in [-0.25, -0.2) is 4.79 Å². The van der Waals surface area contributed by atoms with Gasteiger partial charge in [0.05, 0.1) is 19.1 Å². The topological polar surface area (TPSA) is 90.7 Å². The molecule has 0 fully saturated rings. The number of esters is 1. The number of benzene rings is 2. The molecule has 1 N–H and O–H groups in total. The van der Waals surface area contributed by atoms with E-state index < -0.39 is 10.9 Å². The van der Waals surface area contributed by atoms with Gasteiger partial charge in [-0.3, -0.25) is 10.1 Å². The Kier molecular flexibility index (Phi) is 5.14. The first kappa shape index (κ1) is 16.3. The maximum absolute atomic E-state index is 11.7. The molecule has 7 nitrogen and oxygen atoms in total. The summed E-state index contributed by atoms with van der Waals surface area (Å²) in [7, 11) is 2.76. The van der Waals surface area contributed by atoms with Crippen LogP contribution in [0.15, 0.2) is 42.5 Å². The Labute approximate surface area is 133 Å². The minimum atomic E-state index is -0.752. The SMILES string of the molecule is COC(=O)c1cc(NCc2ccccc2OC)ccc1[N+](=O)[O-]. The van der Waals surface area contributed by atoms with Gasteiger partial charge in [0.1, 0.15) is 11.3 Å². The Morgan fingerprint density at radius 1 is 1.22 bits per heavy atom. The molecule has 0 amide bonds. The summed E-state index contributed by atoms with van der Waals surface area (Å²) in [5.74, 6) is -0.0206. The maximum Gasteiger partial charge on any atom is 0.344 e. The number of para-hydroxylation sites is 1. The van der Waals surface area contributed by atoms with Crippen LogP contribution < -0.4 is 10.1 Å². The van der Waals surface area contributed by atoms with Crippen LogP contribution in [0, 0.1) is 10.1 Å². The van der Waals surface area contributed by atoms with E-state index in [1.54, 1.807) is 13.2 Å². The van der Waals surface area contributed by atoms with Gasteiger partial charge < -0.3 is 14.8 Å². The van der Waals surface area contributed by atoms with E-state index in [0.29, 0.717) is 12.2 Å². The molecule has 0 saturated heterocycles. The van der Waals surface area contributed by atoms with E-state index in [1.165, 1.54) is 19.2 Å². The van der Waals surface area contributed by atoms with Crippen LogP contribution in [-0.4, -0.2) is 25.1 Å². The largest absolute Gasteiger partial charge is 0.496 e. The number of nitrogens with one attached hydrogen (secondary N) is 1. The van der Waals surface area contributed by atoms with Gasteiger partial charge in [0.25, 0.3) is 5.69 Å². The number of hydrogen-bond acceptors (Lipinski definition) is 6. The van der Waals surface area contributed by atoms with Gasteiger partial charge in [-0.1, -0.05) is 18.2 Å². The monoisotopic (exact) mass is 316 g/mol. The molecule has 0 saturated carbocycles. The van der Waals surface area contributed by atoms with Gasteiger partial charge in [-0.15, -0.1) is 0 Å². The molecule has 2 aromatic carbocycles. The number of nitro benzene ring substituents is 1. The second kappa shape index (κ2) is 7.26. The molecule has 0 aromatic heterocycles. The van der Waals surface area contributed by atoms with Crippen molar-refractivity contribution in [3.8, 4) is 5.75 Å². The van der Waals surface area contributed by atoms with Crippen LogP contribution in [0.3, 0.4) is 0 Å². The van der Waals surface area contributed by atoms with Crippen molar-refractivity contribution in [3.63, 3.8) is 0 Å². The van der Waals surface area contributed by atoms with Crippen LogP contribution in [0.5, 0.6) is 5.75 Å². The van der Waals surface area contributed by atoms with Crippen molar-refractivity contribution in [2.24, 2.45) is 0 Å². The number of ether oxygens (including phenoxy) is 2. The number of nitro groups is 1. The maximum atomic E-state index is 11.7. The molecule has 0 bridgehead atoms. The summed E-state index contributed by atoms with van der Waals surface area (Å²) in [5.41, 5.74) is 1.11. The number of rotatable bonds is 6. The number of methoxy groups -OCH3 is 2. The molecule has 0 radical (unpaired) electrons. The Hall–Kier alpha value is -3.09. The fraction of sp³-hybridized carbons (Fsp3) is 0.188. The summed E-state index contributed by atoms with van der Waals surface area (Å²) in [6, 6.07) is 11.7. The molecule has 0 aliphatic heterocycles. The van der Waals surface area contributed by atoms with Gasteiger partial charge in [-0.05, 0) is 18.2 Å². The highest BCUT2D eigenvalue weighted by atomic mass is 16.6. The Bertz CT molecular complexity index is 730. The van der Waals surface area contributed by atoms with Crippen molar-refractivity contribution < 1.29 is 19.2 Å². The molecule has 2 aromatic rings. The molecular formula is C16H16N2O5. The number of hydrogen-bond donors (Lipinski definition) is 1. The van der Waals surface area contributed by atoms with Crippen molar-refractivity contribution in [3.05, 3.63) is 63.7 Å². The number of nitrogens with zero attached hydrogens (tertiary/aromatic N) is 1. The van der Waals surface area contributed by atoms with Crippen molar-refractivity contribution in [1.29, 1.82) is 0 Å². The average Bonchev–Trinajstić information content (AvgIpc) is 2.59. The first-order valence-corrected chi connectivity index (χ1v) is 6.79. The zero-order valence-corrected chi connectivity index (χ0v) is 12.7. The van der Waals surface area contributed by atoms with Crippen LogP contribution in [0.1, 0.15) is 15.9 Å². The molecule has 23 heavy (non-hydrogen) atoms. The predicted octanol–water partition coefficient (Wildman–Crippen LogP) is 3.00. The summed E-state index contributed by atoms with van der Waals surface area (Å²) in [5, 5.41) is 14.1. The van der Waals surface area contributed by atoms with E-state index in [9.17, 15) is 14.9 Å². The van der Waals surface area contributed by atoms with Gasteiger partial charge in [0.15, 0.2) is 0 Å². The summed E-state index contributed by atoms with van der Waals surface area (Å²) in [4.78, 5) is 22.1. The van der Waals surface area contributed by atoms with Crippen LogP contribution in [0.2, 0.25) is 0 Å². The second-order valence-corrected chi connectivity index (χ2v) is 4.65. The second-order valence-electron chi connectivity index (χ2n) is 4.65. The van der Waals surface area contributed by atoms with Crippen LogP contribution in [-0.2, 0) is 11.3 Å². The van der Waals surface area contributed by atoms with Crippen LogP contribution in [0.4, 0.5) is 11.4 Å². The van der Waals surface area contributed by atoms with E-state index in [0.717, 1.165) is 11.3 Å². The highest BCUT2D eigenvalue weighted by Gasteiger charge is 2.21. The number of carbonyl (C=O) groups excluding carboxylic acids is 1. The zero-order valence-electron chi connectivity index (χ0n) is 12.7. The third-order valence-corrected chi connectivity index (χ3v) is 3.27. The molecule has 0 heterocycles. The average molecular weight is 316 g/mol. The van der Waals surface area contributed by atoms with Crippen molar-refractivity contribution in [1.82, 2.24) is 0 Å². The van der Waals surface area contributed by atoms with Gasteiger partial charge in [-0.2, -0.15) is 0 Å². The first-order valence-electron chi connectivity index (χ1n) is 6.79. The molecule has 0 aliphatic rings.